The van der Waals surface area contributed by atoms with E-state index in [1.54, 1.807) is 18.2 Å². The van der Waals surface area contributed by atoms with E-state index in [0.29, 0.717) is 34.3 Å². The van der Waals surface area contributed by atoms with Gasteiger partial charge in [0, 0.05) is 13.1 Å². The number of amides is 1. The molecule has 0 unspecified atom stereocenters. The lowest BCUT2D eigenvalue weighted by atomic mass is 9.90. The van der Waals surface area contributed by atoms with Crippen LogP contribution in [0.1, 0.15) is 56.8 Å². The number of carbonyl (C=O) groups is 2. The average molecular weight is 424 g/mol. The van der Waals surface area contributed by atoms with Crippen LogP contribution in [0.25, 0.3) is 0 Å². The Labute approximate surface area is 177 Å². The maximum absolute atomic E-state index is 12.2. The van der Waals surface area contributed by atoms with E-state index in [0.717, 1.165) is 32.4 Å². The van der Waals surface area contributed by atoms with Crippen molar-refractivity contribution in [1.82, 2.24) is 4.90 Å². The summed E-state index contributed by atoms with van der Waals surface area (Å²) in [7, 11) is 1.33. The second-order valence-corrected chi connectivity index (χ2v) is 9.41. The number of hydrogen-bond donors (Lipinski definition) is 0. The van der Waals surface area contributed by atoms with Gasteiger partial charge < -0.3 is 19.1 Å². The molecule has 7 heteroatoms. The van der Waals surface area contributed by atoms with Gasteiger partial charge in [0.1, 0.15) is 11.4 Å². The highest BCUT2D eigenvalue weighted by atomic mass is 35.5. The van der Waals surface area contributed by atoms with Crippen LogP contribution in [0, 0.1) is 11.3 Å². The van der Waals surface area contributed by atoms with E-state index in [-0.39, 0.29) is 6.09 Å². The zero-order chi connectivity index (χ0) is 21.2. The van der Waals surface area contributed by atoms with Crippen LogP contribution >= 0.6 is 11.6 Å². The molecule has 0 radical (unpaired) electrons. The smallest absolute Gasteiger partial charge is 0.410 e. The summed E-state index contributed by atoms with van der Waals surface area (Å²) in [6, 6.07) is 5.00. The molecule has 1 aromatic rings. The van der Waals surface area contributed by atoms with Crippen molar-refractivity contribution in [3.8, 4) is 5.75 Å². The van der Waals surface area contributed by atoms with Gasteiger partial charge in [-0.2, -0.15) is 0 Å². The molecule has 29 heavy (non-hydrogen) atoms. The Hall–Kier alpha value is -1.95. The van der Waals surface area contributed by atoms with E-state index >= 15 is 0 Å². The molecule has 2 aliphatic rings. The third kappa shape index (κ3) is 5.35. The molecule has 2 fully saturated rings. The fraction of sp³-hybridized carbons (Fsp3) is 0.636. The zero-order valence-electron chi connectivity index (χ0n) is 17.6. The fourth-order valence-electron chi connectivity index (χ4n) is 4.09. The van der Waals surface area contributed by atoms with Gasteiger partial charge in [0.2, 0.25) is 0 Å². The van der Waals surface area contributed by atoms with E-state index in [4.69, 9.17) is 25.8 Å². The summed E-state index contributed by atoms with van der Waals surface area (Å²) in [4.78, 5) is 25.6. The zero-order valence-corrected chi connectivity index (χ0v) is 18.4. The minimum atomic E-state index is -0.459. The Morgan fingerprint density at radius 2 is 1.93 bits per heavy atom. The summed E-state index contributed by atoms with van der Waals surface area (Å²) in [5.41, 5.74) is 0.233. The number of rotatable bonds is 5. The molecule has 0 aromatic heterocycles. The van der Waals surface area contributed by atoms with Gasteiger partial charge in [-0.15, -0.1) is 0 Å². The largest absolute Gasteiger partial charge is 0.494 e. The number of hydrogen-bond acceptors (Lipinski definition) is 5. The molecular formula is C22H30ClNO5. The van der Waals surface area contributed by atoms with Crippen molar-refractivity contribution in [2.45, 2.75) is 52.1 Å². The first-order chi connectivity index (χ1) is 13.6. The number of halogens is 1. The summed E-state index contributed by atoms with van der Waals surface area (Å²) in [5.74, 6) is 0.824. The third-order valence-electron chi connectivity index (χ3n) is 5.85. The van der Waals surface area contributed by atoms with Crippen molar-refractivity contribution < 1.29 is 23.8 Å². The van der Waals surface area contributed by atoms with Gasteiger partial charge in [-0.1, -0.05) is 11.6 Å². The Morgan fingerprint density at radius 1 is 1.24 bits per heavy atom. The normalized spacial score (nSPS) is 20.3. The molecular weight excluding hydrogens is 394 g/mol. The predicted octanol–water partition coefficient (Wildman–Crippen LogP) is 4.93. The van der Waals surface area contributed by atoms with E-state index < -0.39 is 11.6 Å². The third-order valence-corrected chi connectivity index (χ3v) is 6.16. The quantitative estimate of drug-likeness (QED) is 0.628. The lowest BCUT2D eigenvalue weighted by molar-refractivity contribution is 0.0163. The van der Waals surface area contributed by atoms with Crippen molar-refractivity contribution in [2.75, 3.05) is 26.8 Å². The highest BCUT2D eigenvalue weighted by Gasteiger charge is 2.54. The molecule has 1 atom stereocenters. The Bertz CT molecular complexity index is 765. The van der Waals surface area contributed by atoms with Crippen LogP contribution in [0.2, 0.25) is 5.02 Å². The minimum Gasteiger partial charge on any atom is -0.494 e. The average Bonchev–Trinajstić information content (AvgIpc) is 3.31. The van der Waals surface area contributed by atoms with Crippen LogP contribution in [0.15, 0.2) is 18.2 Å². The number of benzene rings is 1. The molecule has 1 spiro atoms. The van der Waals surface area contributed by atoms with E-state index in [2.05, 4.69) is 0 Å². The summed E-state index contributed by atoms with van der Waals surface area (Å²) in [6.07, 6.45) is 4.01. The van der Waals surface area contributed by atoms with Crippen molar-refractivity contribution in [3.05, 3.63) is 28.8 Å². The standard InChI is InChI=1S/C22H30ClNO5/c1-21(2,3)29-20(26)24-10-8-22(9-11-24)14-15(22)7-12-28-16-5-6-17(18(23)13-16)19(25)27-4/h5-6,13,15H,7-12,14H2,1-4H3/t15-/m0/s1. The molecule has 1 heterocycles. The maximum atomic E-state index is 12.2. The molecule has 1 aliphatic carbocycles. The van der Waals surface area contributed by atoms with Gasteiger partial charge >= 0.3 is 12.1 Å². The van der Waals surface area contributed by atoms with Crippen LogP contribution in [0.3, 0.4) is 0 Å². The van der Waals surface area contributed by atoms with Gasteiger partial charge in [0.15, 0.2) is 0 Å². The number of nitrogens with zero attached hydrogens (tertiary/aromatic N) is 1. The van der Waals surface area contributed by atoms with Crippen molar-refractivity contribution in [3.63, 3.8) is 0 Å². The lowest BCUT2D eigenvalue weighted by Gasteiger charge is -2.34. The molecule has 1 saturated carbocycles. The van der Waals surface area contributed by atoms with Gasteiger partial charge in [-0.05, 0) is 76.0 Å². The van der Waals surface area contributed by atoms with Crippen molar-refractivity contribution in [2.24, 2.45) is 11.3 Å². The second-order valence-electron chi connectivity index (χ2n) is 9.00. The predicted molar refractivity (Wildman–Crippen MR) is 110 cm³/mol. The molecule has 1 aromatic carbocycles. The van der Waals surface area contributed by atoms with Crippen molar-refractivity contribution >= 4 is 23.7 Å². The molecule has 3 rings (SSSR count). The van der Waals surface area contributed by atoms with Crippen LogP contribution in [0.4, 0.5) is 4.79 Å². The van der Waals surface area contributed by atoms with E-state index in [1.807, 2.05) is 25.7 Å². The van der Waals surface area contributed by atoms with Crippen LogP contribution < -0.4 is 4.74 Å². The van der Waals surface area contributed by atoms with Gasteiger partial charge in [-0.3, -0.25) is 0 Å². The number of piperidine rings is 1. The monoisotopic (exact) mass is 423 g/mol. The Morgan fingerprint density at radius 3 is 2.52 bits per heavy atom. The maximum Gasteiger partial charge on any atom is 0.410 e. The van der Waals surface area contributed by atoms with Crippen LogP contribution in [-0.4, -0.2) is 49.4 Å². The molecule has 160 valence electrons. The number of ether oxygens (including phenoxy) is 3. The van der Waals surface area contributed by atoms with Crippen molar-refractivity contribution in [1.29, 1.82) is 0 Å². The summed E-state index contributed by atoms with van der Waals surface area (Å²) in [5, 5.41) is 0.326. The summed E-state index contributed by atoms with van der Waals surface area (Å²) >= 11 is 6.13. The first kappa shape index (κ1) is 21.8. The summed E-state index contributed by atoms with van der Waals surface area (Å²) in [6.45, 7) is 7.81. The van der Waals surface area contributed by atoms with Gasteiger partial charge in [-0.25, -0.2) is 9.59 Å². The van der Waals surface area contributed by atoms with E-state index in [1.165, 1.54) is 13.5 Å². The molecule has 0 bridgehead atoms. The van der Waals surface area contributed by atoms with Gasteiger partial charge in [0.25, 0.3) is 0 Å². The number of methoxy groups -OCH3 is 1. The molecule has 0 N–H and O–H groups in total. The van der Waals surface area contributed by atoms with Crippen LogP contribution in [0.5, 0.6) is 5.75 Å². The Kier molecular flexibility index (Phi) is 6.32. The number of carbonyl (C=O) groups excluding carboxylic acids is 2. The summed E-state index contributed by atoms with van der Waals surface area (Å²) < 4.78 is 16.0. The SMILES string of the molecule is COC(=O)c1ccc(OCC[C@H]2CC23CCN(C(=O)OC(C)(C)C)CC3)cc1Cl. The topological polar surface area (TPSA) is 65.1 Å². The fourth-order valence-corrected chi connectivity index (χ4v) is 4.34. The highest BCUT2D eigenvalue weighted by molar-refractivity contribution is 6.33. The van der Waals surface area contributed by atoms with Crippen LogP contribution in [-0.2, 0) is 9.47 Å². The second kappa shape index (κ2) is 8.42. The highest BCUT2D eigenvalue weighted by Crippen LogP contribution is 2.60. The number of likely N-dealkylation sites (tertiary alicyclic amines) is 1. The van der Waals surface area contributed by atoms with E-state index in [9.17, 15) is 9.59 Å². The van der Waals surface area contributed by atoms with Gasteiger partial charge in [0.05, 0.1) is 24.3 Å². The minimum absolute atomic E-state index is 0.208. The number of esters is 1. The lowest BCUT2D eigenvalue weighted by Crippen LogP contribution is -2.42. The molecule has 1 aliphatic heterocycles. The molecule has 1 amide bonds. The molecule has 1 saturated heterocycles. The molecule has 6 nitrogen and oxygen atoms in total. The Balaban J connectivity index is 1.42. The first-order valence-corrected chi connectivity index (χ1v) is 10.5. The first-order valence-electron chi connectivity index (χ1n) is 10.1.